The predicted molar refractivity (Wildman–Crippen MR) is 86.2 cm³/mol. The maximum atomic E-state index is 5.44. The lowest BCUT2D eigenvalue weighted by Gasteiger charge is -2.03. The summed E-state index contributed by atoms with van der Waals surface area (Å²) in [4.78, 5) is 8.81. The van der Waals surface area contributed by atoms with Crippen molar-refractivity contribution in [2.45, 2.75) is 6.92 Å². The van der Waals surface area contributed by atoms with Gasteiger partial charge in [0.2, 0.25) is 0 Å². The molecule has 3 rings (SSSR count). The van der Waals surface area contributed by atoms with Gasteiger partial charge in [-0.1, -0.05) is 6.07 Å². The molecule has 1 N–H and O–H groups in total. The van der Waals surface area contributed by atoms with Gasteiger partial charge in [0.05, 0.1) is 12.3 Å². The molecule has 4 nitrogen and oxygen atoms in total. The molecule has 0 fully saturated rings. The number of hydrogen-bond donors (Lipinski definition) is 1. The van der Waals surface area contributed by atoms with Crippen molar-refractivity contribution in [3.63, 3.8) is 0 Å². The van der Waals surface area contributed by atoms with E-state index in [0.29, 0.717) is 6.61 Å². The van der Waals surface area contributed by atoms with E-state index >= 15 is 0 Å². The fourth-order valence-corrected chi connectivity index (χ4v) is 2.63. The van der Waals surface area contributed by atoms with Crippen LogP contribution in [0, 0.1) is 0 Å². The van der Waals surface area contributed by atoms with Crippen molar-refractivity contribution >= 4 is 22.3 Å². The number of rotatable bonds is 5. The van der Waals surface area contributed by atoms with Crippen molar-refractivity contribution in [3.8, 4) is 17.0 Å². The summed E-state index contributed by atoms with van der Waals surface area (Å²) in [6.07, 6.45) is 1.75. The summed E-state index contributed by atoms with van der Waals surface area (Å²) in [5, 5.41) is 6.06. The van der Waals surface area contributed by atoms with Crippen LogP contribution in [0.15, 0.2) is 54.0 Å². The monoisotopic (exact) mass is 297 g/mol. The second-order valence-electron chi connectivity index (χ2n) is 4.34. The Morgan fingerprint density at radius 2 is 2.00 bits per heavy atom. The highest BCUT2D eigenvalue weighted by molar-refractivity contribution is 7.14. The molecule has 3 aromatic rings. The first kappa shape index (κ1) is 13.6. The van der Waals surface area contributed by atoms with Gasteiger partial charge in [0.25, 0.3) is 0 Å². The van der Waals surface area contributed by atoms with Crippen molar-refractivity contribution in [1.29, 1.82) is 0 Å². The van der Waals surface area contributed by atoms with Crippen LogP contribution in [0.4, 0.5) is 10.9 Å². The number of benzene rings is 1. The molecule has 1 aromatic carbocycles. The molecule has 0 aliphatic rings. The highest BCUT2D eigenvalue weighted by atomic mass is 32.1. The first-order chi connectivity index (χ1) is 10.3. The summed E-state index contributed by atoms with van der Waals surface area (Å²) >= 11 is 1.56. The third kappa shape index (κ3) is 3.38. The number of nitrogens with one attached hydrogen (secondary N) is 1. The largest absolute Gasteiger partial charge is 0.494 e. The average Bonchev–Trinajstić information content (AvgIpc) is 2.98. The standard InChI is InChI=1S/C16H15N3OS/c1-2-20-13-8-6-12(7-9-13)14-11-21-16(18-14)19-15-5-3-4-10-17-15/h3-11H,2H2,1H3,(H,17,18,19). The van der Waals surface area contributed by atoms with Crippen LogP contribution >= 0.6 is 11.3 Å². The van der Waals surface area contributed by atoms with Crippen LogP contribution in [0.2, 0.25) is 0 Å². The van der Waals surface area contributed by atoms with E-state index in [2.05, 4.69) is 15.3 Å². The Hall–Kier alpha value is -2.40. The molecule has 2 aromatic heterocycles. The summed E-state index contributed by atoms with van der Waals surface area (Å²) in [5.74, 6) is 1.67. The Bertz CT molecular complexity index is 695. The first-order valence-electron chi connectivity index (χ1n) is 6.72. The summed E-state index contributed by atoms with van der Waals surface area (Å²) in [6, 6.07) is 13.7. The maximum Gasteiger partial charge on any atom is 0.188 e. The molecule has 0 atom stereocenters. The molecular weight excluding hydrogens is 282 g/mol. The van der Waals surface area contributed by atoms with Crippen molar-refractivity contribution in [2.75, 3.05) is 11.9 Å². The van der Waals surface area contributed by atoms with E-state index < -0.39 is 0 Å². The summed E-state index contributed by atoms with van der Waals surface area (Å²) in [5.41, 5.74) is 2.02. The number of ether oxygens (including phenoxy) is 1. The SMILES string of the molecule is CCOc1ccc(-c2csc(Nc3ccccn3)n2)cc1. The molecule has 0 aliphatic carbocycles. The lowest BCUT2D eigenvalue weighted by Crippen LogP contribution is -1.92. The minimum atomic E-state index is 0.675. The number of aromatic nitrogens is 2. The molecule has 0 radical (unpaired) electrons. The zero-order chi connectivity index (χ0) is 14.5. The van der Waals surface area contributed by atoms with Gasteiger partial charge in [-0.05, 0) is 43.3 Å². The van der Waals surface area contributed by atoms with Gasteiger partial charge in [-0.3, -0.25) is 0 Å². The molecule has 2 heterocycles. The molecular formula is C16H15N3OS. The van der Waals surface area contributed by atoms with Crippen LogP contribution in [0.5, 0.6) is 5.75 Å². The van der Waals surface area contributed by atoms with Gasteiger partial charge in [-0.15, -0.1) is 11.3 Å². The predicted octanol–water partition coefficient (Wildman–Crippen LogP) is 4.35. The molecule has 0 saturated carbocycles. The number of anilines is 2. The number of nitrogens with zero attached hydrogens (tertiary/aromatic N) is 2. The number of pyridine rings is 1. The summed E-state index contributed by atoms with van der Waals surface area (Å²) < 4.78 is 5.44. The normalized spacial score (nSPS) is 10.3. The molecule has 0 saturated heterocycles. The van der Waals surface area contributed by atoms with Crippen LogP contribution in [-0.4, -0.2) is 16.6 Å². The second-order valence-corrected chi connectivity index (χ2v) is 5.19. The Kier molecular flexibility index (Phi) is 4.12. The van der Waals surface area contributed by atoms with E-state index in [4.69, 9.17) is 4.74 Å². The van der Waals surface area contributed by atoms with Gasteiger partial charge in [0.1, 0.15) is 11.6 Å². The number of hydrogen-bond acceptors (Lipinski definition) is 5. The van der Waals surface area contributed by atoms with Crippen LogP contribution in [0.3, 0.4) is 0 Å². The lowest BCUT2D eigenvalue weighted by molar-refractivity contribution is 0.340. The van der Waals surface area contributed by atoms with Crippen LogP contribution < -0.4 is 10.1 Å². The molecule has 0 aliphatic heterocycles. The molecule has 0 bridgehead atoms. The van der Waals surface area contributed by atoms with E-state index in [9.17, 15) is 0 Å². The first-order valence-corrected chi connectivity index (χ1v) is 7.60. The Labute approximate surface area is 127 Å². The average molecular weight is 297 g/mol. The Morgan fingerprint density at radius 3 is 2.71 bits per heavy atom. The zero-order valence-electron chi connectivity index (χ0n) is 11.6. The highest BCUT2D eigenvalue weighted by Crippen LogP contribution is 2.27. The van der Waals surface area contributed by atoms with Crippen LogP contribution in [-0.2, 0) is 0 Å². The summed E-state index contributed by atoms with van der Waals surface area (Å²) in [6.45, 7) is 2.65. The Balaban J connectivity index is 1.75. The van der Waals surface area contributed by atoms with E-state index in [1.807, 2.05) is 54.8 Å². The van der Waals surface area contributed by atoms with Gasteiger partial charge in [0, 0.05) is 17.1 Å². The van der Waals surface area contributed by atoms with Gasteiger partial charge >= 0.3 is 0 Å². The van der Waals surface area contributed by atoms with E-state index in [-0.39, 0.29) is 0 Å². The van der Waals surface area contributed by atoms with E-state index in [1.165, 1.54) is 0 Å². The van der Waals surface area contributed by atoms with Gasteiger partial charge in [-0.25, -0.2) is 9.97 Å². The molecule has 5 heteroatoms. The van der Waals surface area contributed by atoms with Gasteiger partial charge < -0.3 is 10.1 Å². The molecule has 0 spiro atoms. The third-order valence-electron chi connectivity index (χ3n) is 2.87. The molecule has 0 amide bonds. The van der Waals surface area contributed by atoms with Crippen molar-refractivity contribution in [2.24, 2.45) is 0 Å². The van der Waals surface area contributed by atoms with E-state index in [0.717, 1.165) is 28.0 Å². The van der Waals surface area contributed by atoms with Gasteiger partial charge in [0.15, 0.2) is 5.13 Å². The smallest absolute Gasteiger partial charge is 0.188 e. The zero-order valence-corrected chi connectivity index (χ0v) is 12.4. The fraction of sp³-hybridized carbons (Fsp3) is 0.125. The van der Waals surface area contributed by atoms with Crippen molar-refractivity contribution in [3.05, 3.63) is 54.0 Å². The van der Waals surface area contributed by atoms with E-state index in [1.54, 1.807) is 17.5 Å². The van der Waals surface area contributed by atoms with Gasteiger partial charge in [-0.2, -0.15) is 0 Å². The quantitative estimate of drug-likeness (QED) is 0.760. The minimum absolute atomic E-state index is 0.675. The third-order valence-corrected chi connectivity index (χ3v) is 3.62. The Morgan fingerprint density at radius 1 is 1.14 bits per heavy atom. The van der Waals surface area contributed by atoms with Crippen LogP contribution in [0.25, 0.3) is 11.3 Å². The van der Waals surface area contributed by atoms with Crippen molar-refractivity contribution < 1.29 is 4.74 Å². The minimum Gasteiger partial charge on any atom is -0.494 e. The fourth-order valence-electron chi connectivity index (χ4n) is 1.90. The molecule has 106 valence electrons. The second kappa shape index (κ2) is 6.37. The highest BCUT2D eigenvalue weighted by Gasteiger charge is 2.05. The number of thiazole rings is 1. The molecule has 21 heavy (non-hydrogen) atoms. The van der Waals surface area contributed by atoms with Crippen LogP contribution in [0.1, 0.15) is 6.92 Å². The van der Waals surface area contributed by atoms with Crippen molar-refractivity contribution in [1.82, 2.24) is 9.97 Å². The maximum absolute atomic E-state index is 5.44. The summed E-state index contributed by atoms with van der Waals surface area (Å²) in [7, 11) is 0. The molecule has 0 unspecified atom stereocenters. The topological polar surface area (TPSA) is 47.0 Å². The lowest BCUT2D eigenvalue weighted by atomic mass is 10.2.